The second-order valence-corrected chi connectivity index (χ2v) is 4.69. The molecule has 98 valence electrons. The zero-order chi connectivity index (χ0) is 13.1. The number of carbonyl (C=O) groups excluding carboxylic acids is 1. The van der Waals surface area contributed by atoms with E-state index < -0.39 is 0 Å². The summed E-state index contributed by atoms with van der Waals surface area (Å²) in [6, 6.07) is 7.68. The smallest absolute Gasteiger partial charge is 0.248 e. The van der Waals surface area contributed by atoms with E-state index in [0.717, 1.165) is 11.3 Å². The Morgan fingerprint density at radius 1 is 1.39 bits per heavy atom. The molecule has 2 rings (SSSR count). The summed E-state index contributed by atoms with van der Waals surface area (Å²) >= 11 is 0. The van der Waals surface area contributed by atoms with Crippen LogP contribution in [0, 0.1) is 0 Å². The average molecular weight is 248 g/mol. The maximum Gasteiger partial charge on any atom is 0.248 e. The number of rotatable bonds is 5. The fraction of sp³-hybridized carbons (Fsp3) is 0.500. The Morgan fingerprint density at radius 2 is 2.11 bits per heavy atom. The van der Waals surface area contributed by atoms with E-state index in [2.05, 4.69) is 5.32 Å². The monoisotopic (exact) mass is 248 g/mol. The SMILES string of the molecule is CNC1C(=O)N(CCOC(C)C)c2ccccc21. The van der Waals surface area contributed by atoms with Gasteiger partial charge < -0.3 is 15.0 Å². The minimum atomic E-state index is -0.222. The lowest BCUT2D eigenvalue weighted by molar-refractivity contribution is -0.120. The van der Waals surface area contributed by atoms with Crippen LogP contribution in [-0.4, -0.2) is 32.2 Å². The summed E-state index contributed by atoms with van der Waals surface area (Å²) in [6.45, 7) is 5.16. The summed E-state index contributed by atoms with van der Waals surface area (Å²) in [6.07, 6.45) is 0.193. The highest BCUT2D eigenvalue weighted by molar-refractivity contribution is 6.04. The molecule has 4 heteroatoms. The van der Waals surface area contributed by atoms with Gasteiger partial charge in [0, 0.05) is 17.8 Å². The number of para-hydroxylation sites is 1. The van der Waals surface area contributed by atoms with Gasteiger partial charge >= 0.3 is 0 Å². The maximum absolute atomic E-state index is 12.3. The van der Waals surface area contributed by atoms with Crippen LogP contribution < -0.4 is 10.2 Å². The minimum Gasteiger partial charge on any atom is -0.377 e. The highest BCUT2D eigenvalue weighted by Gasteiger charge is 2.35. The molecule has 1 aliphatic heterocycles. The largest absolute Gasteiger partial charge is 0.377 e. The highest BCUT2D eigenvalue weighted by Crippen LogP contribution is 2.34. The van der Waals surface area contributed by atoms with Crippen molar-refractivity contribution < 1.29 is 9.53 Å². The van der Waals surface area contributed by atoms with E-state index in [0.29, 0.717) is 13.2 Å². The van der Waals surface area contributed by atoms with E-state index in [4.69, 9.17) is 4.74 Å². The van der Waals surface area contributed by atoms with Crippen molar-refractivity contribution >= 4 is 11.6 Å². The Balaban J connectivity index is 2.14. The summed E-state index contributed by atoms with van der Waals surface area (Å²) in [5.41, 5.74) is 2.05. The molecule has 1 aromatic carbocycles. The number of ether oxygens (including phenoxy) is 1. The lowest BCUT2D eigenvalue weighted by Gasteiger charge is -2.18. The Labute approximate surface area is 108 Å². The van der Waals surface area contributed by atoms with Gasteiger partial charge in [-0.2, -0.15) is 0 Å². The first-order valence-electron chi connectivity index (χ1n) is 6.34. The number of hydrogen-bond donors (Lipinski definition) is 1. The van der Waals surface area contributed by atoms with Crippen LogP contribution in [0.2, 0.25) is 0 Å². The molecule has 1 N–H and O–H groups in total. The maximum atomic E-state index is 12.3. The van der Waals surface area contributed by atoms with Gasteiger partial charge in [0.15, 0.2) is 0 Å². The molecule has 0 radical (unpaired) electrons. The topological polar surface area (TPSA) is 41.6 Å². The normalized spacial score (nSPS) is 18.6. The van der Waals surface area contributed by atoms with Gasteiger partial charge in [-0.25, -0.2) is 0 Å². The summed E-state index contributed by atoms with van der Waals surface area (Å²) in [5.74, 6) is 0.103. The van der Waals surface area contributed by atoms with Crippen LogP contribution >= 0.6 is 0 Å². The van der Waals surface area contributed by atoms with Crippen LogP contribution in [0.4, 0.5) is 5.69 Å². The van der Waals surface area contributed by atoms with Gasteiger partial charge in [0.1, 0.15) is 6.04 Å². The predicted molar refractivity (Wildman–Crippen MR) is 71.7 cm³/mol. The van der Waals surface area contributed by atoms with Gasteiger partial charge in [-0.05, 0) is 27.0 Å². The second kappa shape index (κ2) is 5.50. The molecule has 0 saturated heterocycles. The molecule has 0 aromatic heterocycles. The molecule has 18 heavy (non-hydrogen) atoms. The van der Waals surface area contributed by atoms with Crippen LogP contribution in [-0.2, 0) is 9.53 Å². The van der Waals surface area contributed by atoms with Crippen molar-refractivity contribution in [3.05, 3.63) is 29.8 Å². The fourth-order valence-electron chi connectivity index (χ4n) is 2.27. The van der Waals surface area contributed by atoms with Gasteiger partial charge in [-0.15, -0.1) is 0 Å². The van der Waals surface area contributed by atoms with Crippen molar-refractivity contribution in [1.82, 2.24) is 5.32 Å². The molecule has 4 nitrogen and oxygen atoms in total. The third-order valence-electron chi connectivity index (χ3n) is 3.11. The molecule has 1 heterocycles. The predicted octanol–water partition coefficient (Wildman–Crippen LogP) is 1.72. The van der Waals surface area contributed by atoms with Gasteiger partial charge in [-0.3, -0.25) is 4.79 Å². The number of likely N-dealkylation sites (N-methyl/N-ethyl adjacent to an activating group) is 1. The number of carbonyl (C=O) groups is 1. The number of nitrogens with zero attached hydrogens (tertiary/aromatic N) is 1. The van der Waals surface area contributed by atoms with E-state index in [1.165, 1.54) is 0 Å². The molecule has 0 fully saturated rings. The van der Waals surface area contributed by atoms with E-state index in [1.54, 1.807) is 4.90 Å². The number of anilines is 1. The number of fused-ring (bicyclic) bond motifs is 1. The Bertz CT molecular complexity index is 432. The number of nitrogens with one attached hydrogen (secondary N) is 1. The standard InChI is InChI=1S/C14H20N2O2/c1-10(2)18-9-8-16-12-7-5-4-6-11(12)13(15-3)14(16)17/h4-7,10,13,15H,8-9H2,1-3H3. The zero-order valence-electron chi connectivity index (χ0n) is 11.1. The van der Waals surface area contributed by atoms with Crippen molar-refractivity contribution in [2.24, 2.45) is 0 Å². The molecule has 0 aliphatic carbocycles. The Morgan fingerprint density at radius 3 is 2.78 bits per heavy atom. The van der Waals surface area contributed by atoms with Gasteiger partial charge in [0.25, 0.3) is 0 Å². The fourth-order valence-corrected chi connectivity index (χ4v) is 2.27. The number of benzene rings is 1. The molecule has 1 aliphatic rings. The van der Waals surface area contributed by atoms with Crippen molar-refractivity contribution in [2.45, 2.75) is 26.0 Å². The molecule has 1 amide bonds. The molecular weight excluding hydrogens is 228 g/mol. The summed E-state index contributed by atoms with van der Waals surface area (Å²) in [5, 5.41) is 3.07. The first kappa shape index (κ1) is 13.1. The third-order valence-corrected chi connectivity index (χ3v) is 3.11. The van der Waals surface area contributed by atoms with Crippen LogP contribution in [0.15, 0.2) is 24.3 Å². The van der Waals surface area contributed by atoms with E-state index in [-0.39, 0.29) is 18.1 Å². The molecular formula is C14H20N2O2. The first-order chi connectivity index (χ1) is 8.65. The first-order valence-corrected chi connectivity index (χ1v) is 6.34. The van der Waals surface area contributed by atoms with Crippen LogP contribution in [0.25, 0.3) is 0 Å². The van der Waals surface area contributed by atoms with Crippen molar-refractivity contribution in [1.29, 1.82) is 0 Å². The molecule has 1 atom stereocenters. The lowest BCUT2D eigenvalue weighted by Crippen LogP contribution is -2.35. The van der Waals surface area contributed by atoms with E-state index in [9.17, 15) is 4.79 Å². The summed E-state index contributed by atoms with van der Waals surface area (Å²) in [4.78, 5) is 14.1. The van der Waals surface area contributed by atoms with E-state index >= 15 is 0 Å². The zero-order valence-corrected chi connectivity index (χ0v) is 11.1. The molecule has 1 aromatic rings. The summed E-state index contributed by atoms with van der Waals surface area (Å²) < 4.78 is 5.52. The van der Waals surface area contributed by atoms with Crippen LogP contribution in [0.1, 0.15) is 25.5 Å². The quantitative estimate of drug-likeness (QED) is 0.862. The van der Waals surface area contributed by atoms with Crippen LogP contribution in [0.3, 0.4) is 0 Å². The minimum absolute atomic E-state index is 0.103. The highest BCUT2D eigenvalue weighted by atomic mass is 16.5. The molecule has 0 spiro atoms. The van der Waals surface area contributed by atoms with E-state index in [1.807, 2.05) is 45.2 Å². The van der Waals surface area contributed by atoms with Gasteiger partial charge in [0.2, 0.25) is 5.91 Å². The Hall–Kier alpha value is -1.39. The second-order valence-electron chi connectivity index (χ2n) is 4.69. The Kier molecular flexibility index (Phi) is 3.99. The molecule has 0 saturated carbocycles. The molecule has 0 bridgehead atoms. The summed E-state index contributed by atoms with van der Waals surface area (Å²) in [7, 11) is 1.81. The van der Waals surface area contributed by atoms with Gasteiger partial charge in [-0.1, -0.05) is 18.2 Å². The van der Waals surface area contributed by atoms with Crippen molar-refractivity contribution in [3.8, 4) is 0 Å². The van der Waals surface area contributed by atoms with Gasteiger partial charge in [0.05, 0.1) is 12.7 Å². The van der Waals surface area contributed by atoms with Crippen LogP contribution in [0.5, 0.6) is 0 Å². The number of hydrogen-bond acceptors (Lipinski definition) is 3. The molecule has 1 unspecified atom stereocenters. The number of amides is 1. The van der Waals surface area contributed by atoms with Crippen molar-refractivity contribution in [3.63, 3.8) is 0 Å². The third kappa shape index (κ3) is 2.40. The average Bonchev–Trinajstić information content (AvgIpc) is 2.62. The van der Waals surface area contributed by atoms with Crippen molar-refractivity contribution in [2.75, 3.05) is 25.1 Å². The lowest BCUT2D eigenvalue weighted by atomic mass is 10.1.